The molecule has 0 aliphatic rings. The van der Waals surface area contributed by atoms with Crippen LogP contribution < -0.4 is 5.26 Å². The van der Waals surface area contributed by atoms with Gasteiger partial charge in [-0.25, -0.2) is 0 Å². The Morgan fingerprint density at radius 1 is 1.54 bits per heavy atom. The number of esters is 1. The van der Waals surface area contributed by atoms with E-state index in [1.54, 1.807) is 13.8 Å². The predicted molar refractivity (Wildman–Crippen MR) is 47.2 cm³/mol. The fraction of sp³-hybridized carbons (Fsp3) is 0.857. The minimum atomic E-state index is -0.490. The first-order valence-electron chi connectivity index (χ1n) is 3.25. The van der Waals surface area contributed by atoms with E-state index in [2.05, 4.69) is 9.37 Å². The van der Waals surface area contributed by atoms with Crippen molar-refractivity contribution in [2.24, 2.45) is 0 Å². The first-order valence-corrected chi connectivity index (χ1v) is 4.00. The van der Waals surface area contributed by atoms with Crippen molar-refractivity contribution in [2.75, 3.05) is 6.61 Å². The van der Waals surface area contributed by atoms with E-state index in [1.165, 1.54) is 6.92 Å². The van der Waals surface area contributed by atoms with Gasteiger partial charge in [0.1, 0.15) is 6.61 Å². The van der Waals surface area contributed by atoms with E-state index in [9.17, 15) is 10.1 Å². The Balaban J connectivity index is 0. The molecule has 0 aromatic rings. The predicted octanol–water partition coefficient (Wildman–Crippen LogP) is 0.836. The van der Waals surface area contributed by atoms with E-state index in [0.717, 1.165) is 12.0 Å². The van der Waals surface area contributed by atoms with Gasteiger partial charge in [0.05, 0.1) is 4.75 Å². The Morgan fingerprint density at radius 2 is 2.08 bits per heavy atom. The third kappa shape index (κ3) is 9.62. The van der Waals surface area contributed by atoms with Crippen molar-refractivity contribution < 1.29 is 24.2 Å². The minimum absolute atomic E-state index is 0. The normalized spacial score (nSPS) is 10.5. The summed E-state index contributed by atoms with van der Waals surface area (Å²) in [7, 11) is 0. The lowest BCUT2D eigenvalue weighted by Crippen LogP contribution is -2.25. The largest absolute Gasteiger partial charge is 0.691 e. The number of carbonyl (C=O) groups excluding carboxylic acids is 1. The van der Waals surface area contributed by atoms with E-state index in [1.807, 2.05) is 0 Å². The highest BCUT2D eigenvalue weighted by molar-refractivity contribution is 7.95. The zero-order valence-electron chi connectivity index (χ0n) is 7.16. The quantitative estimate of drug-likeness (QED) is 0.290. The Bertz CT molecular complexity index is 148. The summed E-state index contributed by atoms with van der Waals surface area (Å²) in [6.45, 7) is 4.97. The SMILES string of the molecule is C.CC(=O)OCC(C)(C)SOO[O-]. The van der Waals surface area contributed by atoms with Gasteiger partial charge < -0.3 is 9.99 Å². The van der Waals surface area contributed by atoms with Crippen LogP contribution in [0.5, 0.6) is 0 Å². The molecule has 0 spiro atoms. The molecular formula is C7H15O5S-. The average Bonchev–Trinajstić information content (AvgIpc) is 1.98. The topological polar surface area (TPSA) is 67.8 Å². The molecule has 6 heteroatoms. The molecule has 80 valence electrons. The summed E-state index contributed by atoms with van der Waals surface area (Å²) in [5.74, 6) is -0.369. The van der Waals surface area contributed by atoms with Gasteiger partial charge >= 0.3 is 5.97 Å². The maximum atomic E-state index is 10.4. The molecule has 0 aromatic heterocycles. The second kappa shape index (κ2) is 7.14. The molecule has 0 unspecified atom stereocenters. The van der Waals surface area contributed by atoms with Gasteiger partial charge in [-0.15, -0.1) is 0 Å². The third-order valence-electron chi connectivity index (χ3n) is 0.910. The van der Waals surface area contributed by atoms with Crippen LogP contribution >= 0.6 is 12.0 Å². The van der Waals surface area contributed by atoms with Crippen LogP contribution in [-0.2, 0) is 18.9 Å². The molecule has 0 heterocycles. The number of hydrogen-bond donors (Lipinski definition) is 0. The van der Waals surface area contributed by atoms with Gasteiger partial charge in [-0.3, -0.25) is 9.83 Å². The van der Waals surface area contributed by atoms with Crippen LogP contribution in [0.1, 0.15) is 28.2 Å². The van der Waals surface area contributed by atoms with Crippen molar-refractivity contribution in [3.05, 3.63) is 0 Å². The zero-order chi connectivity index (χ0) is 9.61. The van der Waals surface area contributed by atoms with Crippen molar-refractivity contribution >= 4 is 18.0 Å². The van der Waals surface area contributed by atoms with E-state index < -0.39 is 4.75 Å². The van der Waals surface area contributed by atoms with Crippen LogP contribution in [-0.4, -0.2) is 17.3 Å². The molecule has 0 aliphatic carbocycles. The molecule has 13 heavy (non-hydrogen) atoms. The van der Waals surface area contributed by atoms with Gasteiger partial charge in [0.15, 0.2) is 0 Å². The molecule has 5 nitrogen and oxygen atoms in total. The molecular weight excluding hydrogens is 196 g/mol. The molecule has 0 aliphatic heterocycles. The van der Waals surface area contributed by atoms with Crippen LogP contribution in [0.4, 0.5) is 0 Å². The van der Waals surface area contributed by atoms with Crippen molar-refractivity contribution in [3.8, 4) is 0 Å². The summed E-state index contributed by atoms with van der Waals surface area (Å²) >= 11 is 0.809. The van der Waals surface area contributed by atoms with Crippen LogP contribution in [0.15, 0.2) is 0 Å². The Morgan fingerprint density at radius 3 is 2.46 bits per heavy atom. The van der Waals surface area contributed by atoms with Crippen molar-refractivity contribution in [3.63, 3.8) is 0 Å². The fourth-order valence-corrected chi connectivity index (χ4v) is 0.724. The number of ether oxygens (including phenoxy) is 1. The fourth-order valence-electron chi connectivity index (χ4n) is 0.405. The van der Waals surface area contributed by atoms with E-state index in [0.29, 0.717) is 0 Å². The average molecular weight is 211 g/mol. The number of hydrogen-bond acceptors (Lipinski definition) is 6. The van der Waals surface area contributed by atoms with Gasteiger partial charge in [-0.2, -0.15) is 4.33 Å². The maximum absolute atomic E-state index is 10.4. The summed E-state index contributed by atoms with van der Waals surface area (Å²) in [6, 6.07) is 0. The Labute approximate surface area is 82.4 Å². The molecule has 0 aromatic carbocycles. The summed E-state index contributed by atoms with van der Waals surface area (Å²) < 4.78 is 8.32. The Kier molecular flexibility index (Phi) is 8.34. The smallest absolute Gasteiger partial charge is 0.302 e. The summed E-state index contributed by atoms with van der Waals surface area (Å²) in [6.07, 6.45) is 0. The summed E-state index contributed by atoms with van der Waals surface area (Å²) in [5.41, 5.74) is 0. The van der Waals surface area contributed by atoms with E-state index in [4.69, 9.17) is 4.74 Å². The monoisotopic (exact) mass is 211 g/mol. The van der Waals surface area contributed by atoms with Crippen LogP contribution in [0.25, 0.3) is 0 Å². The van der Waals surface area contributed by atoms with E-state index >= 15 is 0 Å². The van der Waals surface area contributed by atoms with Gasteiger partial charge in [-0.05, 0) is 13.8 Å². The first kappa shape index (κ1) is 15.2. The van der Waals surface area contributed by atoms with Gasteiger partial charge in [-0.1, -0.05) is 7.43 Å². The lowest BCUT2D eigenvalue weighted by molar-refractivity contribution is -0.777. The zero-order valence-corrected chi connectivity index (χ0v) is 7.97. The van der Waals surface area contributed by atoms with Gasteiger partial charge in [0, 0.05) is 19.0 Å². The standard InChI is InChI=1S/C6H12O5S.CH4/c1-5(7)9-4-6(2,3)12-11-10-8;/h8H,4H2,1-3H3;1H4/p-1. The van der Waals surface area contributed by atoms with Crippen LogP contribution in [0, 0.1) is 0 Å². The molecule has 0 bridgehead atoms. The summed E-state index contributed by atoms with van der Waals surface area (Å²) in [4.78, 5) is 10.4. The second-order valence-corrected chi connectivity index (χ2v) is 4.17. The third-order valence-corrected chi connectivity index (χ3v) is 1.60. The molecule has 0 rings (SSSR count). The number of rotatable bonds is 5. The highest BCUT2D eigenvalue weighted by Crippen LogP contribution is 2.25. The maximum Gasteiger partial charge on any atom is 0.302 e. The van der Waals surface area contributed by atoms with Gasteiger partial charge in [0.2, 0.25) is 0 Å². The van der Waals surface area contributed by atoms with Crippen molar-refractivity contribution in [1.82, 2.24) is 0 Å². The van der Waals surface area contributed by atoms with Gasteiger partial charge in [0.25, 0.3) is 0 Å². The number of carbonyl (C=O) groups is 1. The highest BCUT2D eigenvalue weighted by Gasteiger charge is 2.21. The molecule has 0 N–H and O–H groups in total. The molecule has 0 saturated carbocycles. The molecule has 0 fully saturated rings. The first-order chi connectivity index (χ1) is 5.48. The lowest BCUT2D eigenvalue weighted by atomic mass is 10.2. The van der Waals surface area contributed by atoms with Crippen molar-refractivity contribution in [2.45, 2.75) is 32.9 Å². The molecule has 0 amide bonds. The van der Waals surface area contributed by atoms with Crippen LogP contribution in [0.3, 0.4) is 0 Å². The second-order valence-electron chi connectivity index (χ2n) is 2.76. The lowest BCUT2D eigenvalue weighted by Gasteiger charge is -2.21. The minimum Gasteiger partial charge on any atom is -0.691 e. The molecule has 0 saturated heterocycles. The Hall–Kier alpha value is -0.300. The highest BCUT2D eigenvalue weighted by atomic mass is 32.2. The van der Waals surface area contributed by atoms with E-state index in [-0.39, 0.29) is 20.0 Å². The molecule has 0 radical (unpaired) electrons. The summed E-state index contributed by atoms with van der Waals surface area (Å²) in [5, 5.41) is 12.6. The molecule has 0 atom stereocenters. The van der Waals surface area contributed by atoms with Crippen molar-refractivity contribution in [1.29, 1.82) is 0 Å². The van der Waals surface area contributed by atoms with Crippen LogP contribution in [0.2, 0.25) is 0 Å².